The van der Waals surface area contributed by atoms with Crippen LogP contribution in [0, 0.1) is 5.92 Å². The Balaban J connectivity index is 0.00000210. The third kappa shape index (κ3) is 5.31. The van der Waals surface area contributed by atoms with Gasteiger partial charge in [-0.2, -0.15) is 4.98 Å². The quantitative estimate of drug-likeness (QED) is 0.657. The molecule has 0 spiro atoms. The number of nitrogens with one attached hydrogen (secondary N) is 1. The molecule has 1 N–H and O–H groups in total. The summed E-state index contributed by atoms with van der Waals surface area (Å²) in [5.74, 6) is 2.91. The Bertz CT molecular complexity index is 815. The van der Waals surface area contributed by atoms with Crippen molar-refractivity contribution in [3.63, 3.8) is 0 Å². The molecule has 6 heteroatoms. The minimum absolute atomic E-state index is 0. The number of aryl methyl sites for hydroxylation is 1. The lowest BCUT2D eigenvalue weighted by atomic mass is 10.0. The summed E-state index contributed by atoms with van der Waals surface area (Å²) < 4.78 is 11.2. The number of hydrogen-bond donors (Lipinski definition) is 1. The van der Waals surface area contributed by atoms with Gasteiger partial charge in [0.25, 0.3) is 0 Å². The zero-order valence-electron chi connectivity index (χ0n) is 15.1. The normalized spacial score (nSPS) is 16.1. The summed E-state index contributed by atoms with van der Waals surface area (Å²) in [6, 6.07) is 18.0. The summed E-state index contributed by atoms with van der Waals surface area (Å²) >= 11 is 0. The van der Waals surface area contributed by atoms with Gasteiger partial charge in [-0.3, -0.25) is 0 Å². The van der Waals surface area contributed by atoms with Crippen molar-refractivity contribution in [1.29, 1.82) is 0 Å². The van der Waals surface area contributed by atoms with Gasteiger partial charge in [-0.05, 0) is 61.7 Å². The van der Waals surface area contributed by atoms with Crippen LogP contribution in [0.25, 0.3) is 11.4 Å². The standard InChI is InChI=1S/C21H23N3O2.ClH/c1-2-4-17(5-3-1)15-25-19-9-7-18(8-10-19)21-23-20(26-24-21)11-6-16-12-13-22-14-16;/h1-5,7-10,16,22H,6,11-15H2;1H. The lowest BCUT2D eigenvalue weighted by Gasteiger charge is -2.06. The SMILES string of the molecule is Cl.c1ccc(COc2ccc(-c3noc(CCC4CCNC4)n3)cc2)cc1. The maximum absolute atomic E-state index is 5.81. The highest BCUT2D eigenvalue weighted by Gasteiger charge is 2.16. The summed E-state index contributed by atoms with van der Waals surface area (Å²) in [7, 11) is 0. The van der Waals surface area contributed by atoms with E-state index in [0.717, 1.165) is 54.6 Å². The maximum atomic E-state index is 5.81. The first-order valence-corrected chi connectivity index (χ1v) is 9.17. The number of rotatable bonds is 7. The Morgan fingerprint density at radius 2 is 1.89 bits per heavy atom. The monoisotopic (exact) mass is 385 g/mol. The molecule has 1 fully saturated rings. The number of hydrogen-bond acceptors (Lipinski definition) is 5. The van der Waals surface area contributed by atoms with Gasteiger partial charge < -0.3 is 14.6 Å². The average molecular weight is 386 g/mol. The molecule has 1 unspecified atom stereocenters. The van der Waals surface area contributed by atoms with Crippen LogP contribution in [-0.2, 0) is 13.0 Å². The van der Waals surface area contributed by atoms with Gasteiger partial charge in [-0.1, -0.05) is 35.5 Å². The first-order chi connectivity index (χ1) is 12.9. The summed E-state index contributed by atoms with van der Waals surface area (Å²) in [4.78, 5) is 4.53. The first kappa shape index (κ1) is 19.4. The molecule has 0 aliphatic carbocycles. The molecule has 2 heterocycles. The summed E-state index contributed by atoms with van der Waals surface area (Å²) in [6.07, 6.45) is 3.18. The van der Waals surface area contributed by atoms with Gasteiger partial charge in [0, 0.05) is 12.0 Å². The summed E-state index contributed by atoms with van der Waals surface area (Å²) in [6.45, 7) is 2.78. The smallest absolute Gasteiger partial charge is 0.226 e. The van der Waals surface area contributed by atoms with E-state index in [1.165, 1.54) is 6.42 Å². The molecule has 3 aromatic rings. The van der Waals surface area contributed by atoms with E-state index in [2.05, 4.69) is 27.6 Å². The van der Waals surface area contributed by atoms with Crippen molar-refractivity contribution in [2.24, 2.45) is 5.92 Å². The van der Waals surface area contributed by atoms with Gasteiger partial charge in [-0.25, -0.2) is 0 Å². The van der Waals surface area contributed by atoms with E-state index in [9.17, 15) is 0 Å². The maximum Gasteiger partial charge on any atom is 0.226 e. The van der Waals surface area contributed by atoms with Crippen molar-refractivity contribution < 1.29 is 9.26 Å². The minimum atomic E-state index is 0. The zero-order valence-corrected chi connectivity index (χ0v) is 16.0. The molecule has 1 atom stereocenters. The molecule has 0 saturated carbocycles. The largest absolute Gasteiger partial charge is 0.489 e. The second-order valence-electron chi connectivity index (χ2n) is 6.71. The lowest BCUT2D eigenvalue weighted by Crippen LogP contribution is -2.09. The molecule has 1 saturated heterocycles. The number of benzene rings is 2. The van der Waals surface area contributed by atoms with Crippen LogP contribution in [0.1, 0.15) is 24.3 Å². The molecular formula is C21H24ClN3O2. The Kier molecular flexibility index (Phi) is 6.85. The van der Waals surface area contributed by atoms with Gasteiger partial charge in [0.1, 0.15) is 12.4 Å². The van der Waals surface area contributed by atoms with E-state index in [1.807, 2.05) is 42.5 Å². The van der Waals surface area contributed by atoms with Gasteiger partial charge in [0.15, 0.2) is 0 Å². The molecule has 0 bridgehead atoms. The topological polar surface area (TPSA) is 60.2 Å². The fourth-order valence-corrected chi connectivity index (χ4v) is 3.20. The van der Waals surface area contributed by atoms with Gasteiger partial charge in [0.05, 0.1) is 0 Å². The van der Waals surface area contributed by atoms with Crippen LogP contribution in [0.2, 0.25) is 0 Å². The van der Waals surface area contributed by atoms with Gasteiger partial charge in [-0.15, -0.1) is 12.4 Å². The van der Waals surface area contributed by atoms with E-state index in [4.69, 9.17) is 9.26 Å². The van der Waals surface area contributed by atoms with E-state index < -0.39 is 0 Å². The predicted octanol–water partition coefficient (Wildman–Crippen LogP) is 4.28. The van der Waals surface area contributed by atoms with Crippen molar-refractivity contribution in [3.8, 4) is 17.1 Å². The van der Waals surface area contributed by atoms with Crippen LogP contribution in [-0.4, -0.2) is 23.2 Å². The summed E-state index contributed by atoms with van der Waals surface area (Å²) in [5.41, 5.74) is 2.09. The first-order valence-electron chi connectivity index (χ1n) is 9.17. The van der Waals surface area contributed by atoms with E-state index in [1.54, 1.807) is 0 Å². The van der Waals surface area contributed by atoms with Crippen molar-refractivity contribution in [3.05, 3.63) is 66.1 Å². The van der Waals surface area contributed by atoms with Gasteiger partial charge in [0.2, 0.25) is 11.7 Å². The van der Waals surface area contributed by atoms with Crippen LogP contribution in [0.5, 0.6) is 5.75 Å². The van der Waals surface area contributed by atoms with E-state index in [-0.39, 0.29) is 12.4 Å². The second-order valence-corrected chi connectivity index (χ2v) is 6.71. The van der Waals surface area contributed by atoms with E-state index in [0.29, 0.717) is 12.4 Å². The lowest BCUT2D eigenvalue weighted by molar-refractivity contribution is 0.306. The molecular weight excluding hydrogens is 362 g/mol. The Hall–Kier alpha value is -2.37. The zero-order chi connectivity index (χ0) is 17.6. The van der Waals surface area contributed by atoms with Crippen molar-refractivity contribution >= 4 is 12.4 Å². The molecule has 5 nitrogen and oxygen atoms in total. The van der Waals surface area contributed by atoms with Crippen LogP contribution < -0.4 is 10.1 Å². The molecule has 1 aliphatic rings. The molecule has 142 valence electrons. The predicted molar refractivity (Wildman–Crippen MR) is 107 cm³/mol. The van der Waals surface area contributed by atoms with Crippen molar-refractivity contribution in [2.45, 2.75) is 25.9 Å². The molecule has 0 radical (unpaired) electrons. The molecule has 0 amide bonds. The molecule has 1 aliphatic heterocycles. The number of nitrogens with zero attached hydrogens (tertiary/aromatic N) is 2. The van der Waals surface area contributed by atoms with Crippen LogP contribution in [0.15, 0.2) is 59.1 Å². The summed E-state index contributed by atoms with van der Waals surface area (Å²) in [5, 5.41) is 7.50. The highest BCUT2D eigenvalue weighted by atomic mass is 35.5. The highest BCUT2D eigenvalue weighted by molar-refractivity contribution is 5.85. The third-order valence-corrected chi connectivity index (χ3v) is 4.76. The molecule has 2 aromatic carbocycles. The minimum Gasteiger partial charge on any atom is -0.489 e. The van der Waals surface area contributed by atoms with Gasteiger partial charge >= 0.3 is 0 Å². The fraction of sp³-hybridized carbons (Fsp3) is 0.333. The van der Waals surface area contributed by atoms with Crippen LogP contribution in [0.3, 0.4) is 0 Å². The Morgan fingerprint density at radius 1 is 1.07 bits per heavy atom. The highest BCUT2D eigenvalue weighted by Crippen LogP contribution is 2.22. The average Bonchev–Trinajstić information content (AvgIpc) is 3.38. The Labute approximate surface area is 165 Å². The third-order valence-electron chi connectivity index (χ3n) is 4.76. The van der Waals surface area contributed by atoms with Crippen LogP contribution >= 0.6 is 12.4 Å². The van der Waals surface area contributed by atoms with Crippen molar-refractivity contribution in [2.75, 3.05) is 13.1 Å². The van der Waals surface area contributed by atoms with E-state index >= 15 is 0 Å². The van der Waals surface area contributed by atoms with Crippen LogP contribution in [0.4, 0.5) is 0 Å². The Morgan fingerprint density at radius 3 is 2.63 bits per heavy atom. The molecule has 27 heavy (non-hydrogen) atoms. The molecule has 1 aromatic heterocycles. The van der Waals surface area contributed by atoms with Crippen molar-refractivity contribution in [1.82, 2.24) is 15.5 Å². The fourth-order valence-electron chi connectivity index (χ4n) is 3.20. The molecule has 4 rings (SSSR count). The number of aromatic nitrogens is 2. The second kappa shape index (κ2) is 9.53. The number of halogens is 1. The number of ether oxygens (including phenoxy) is 1.